The van der Waals surface area contributed by atoms with E-state index < -0.39 is 5.91 Å². The first-order valence-corrected chi connectivity index (χ1v) is 9.71. The molecule has 0 saturated heterocycles. The van der Waals surface area contributed by atoms with Crippen molar-refractivity contribution in [2.45, 2.75) is 20.8 Å². The number of anilines is 1. The molecule has 0 bridgehead atoms. The van der Waals surface area contributed by atoms with Gasteiger partial charge in [-0.1, -0.05) is 36.4 Å². The molecule has 2 heterocycles. The molecule has 0 spiro atoms. The van der Waals surface area contributed by atoms with Crippen LogP contribution in [0.25, 0.3) is 17.1 Å². The molecule has 1 amide bonds. The predicted molar refractivity (Wildman–Crippen MR) is 118 cm³/mol. The first-order chi connectivity index (χ1) is 14.5. The smallest absolute Gasteiger partial charge is 0.261 e. The standard InChI is InChI=1S/C25H22N2O3/c1-16-9-7-10-17(2)23(16)26-25(29)22-20(28)15-18(3)27(19-11-5-4-6-12-19)24(22)21-13-8-14-30-21/h4-15H,1-3H3,(H,26,29). The van der Waals surface area contributed by atoms with Crippen molar-refractivity contribution in [3.8, 4) is 17.1 Å². The van der Waals surface area contributed by atoms with Crippen LogP contribution in [-0.2, 0) is 0 Å². The molecule has 0 saturated carbocycles. The summed E-state index contributed by atoms with van der Waals surface area (Å²) in [5.74, 6) is -0.0141. The van der Waals surface area contributed by atoms with Crippen molar-refractivity contribution in [2.75, 3.05) is 5.32 Å². The van der Waals surface area contributed by atoms with Gasteiger partial charge >= 0.3 is 0 Å². The maximum atomic E-state index is 13.4. The Morgan fingerprint density at radius 3 is 2.23 bits per heavy atom. The highest BCUT2D eigenvalue weighted by molar-refractivity contribution is 6.08. The summed E-state index contributed by atoms with van der Waals surface area (Å²) in [4.78, 5) is 26.4. The Morgan fingerprint density at radius 1 is 0.900 bits per heavy atom. The normalized spacial score (nSPS) is 10.8. The third-order valence-electron chi connectivity index (χ3n) is 5.12. The fourth-order valence-corrected chi connectivity index (χ4v) is 3.69. The minimum Gasteiger partial charge on any atom is -0.463 e. The van der Waals surface area contributed by atoms with E-state index in [-0.39, 0.29) is 11.0 Å². The number of rotatable bonds is 4. The van der Waals surface area contributed by atoms with E-state index in [4.69, 9.17) is 4.42 Å². The Bertz CT molecular complexity index is 1250. The van der Waals surface area contributed by atoms with Gasteiger partial charge in [0.2, 0.25) is 0 Å². The van der Waals surface area contributed by atoms with Gasteiger partial charge in [0.05, 0.1) is 6.26 Å². The van der Waals surface area contributed by atoms with Gasteiger partial charge in [0, 0.05) is 23.1 Å². The van der Waals surface area contributed by atoms with Crippen LogP contribution in [0.2, 0.25) is 0 Å². The zero-order valence-corrected chi connectivity index (χ0v) is 17.1. The third kappa shape index (κ3) is 3.46. The Hall–Kier alpha value is -3.86. The number of aromatic nitrogens is 1. The monoisotopic (exact) mass is 398 g/mol. The number of furan rings is 1. The molecular weight excluding hydrogens is 376 g/mol. The fraction of sp³-hybridized carbons (Fsp3) is 0.120. The molecule has 2 aromatic heterocycles. The second-order valence-electron chi connectivity index (χ2n) is 7.24. The lowest BCUT2D eigenvalue weighted by Crippen LogP contribution is -2.26. The number of aryl methyl sites for hydroxylation is 3. The largest absolute Gasteiger partial charge is 0.463 e. The van der Waals surface area contributed by atoms with Crippen molar-refractivity contribution >= 4 is 11.6 Å². The molecule has 30 heavy (non-hydrogen) atoms. The highest BCUT2D eigenvalue weighted by atomic mass is 16.3. The number of benzene rings is 2. The van der Waals surface area contributed by atoms with Gasteiger partial charge in [-0.3, -0.25) is 9.59 Å². The average Bonchev–Trinajstić information content (AvgIpc) is 3.25. The quantitative estimate of drug-likeness (QED) is 0.509. The maximum absolute atomic E-state index is 13.4. The van der Waals surface area contributed by atoms with Crippen LogP contribution in [0.1, 0.15) is 27.2 Å². The Morgan fingerprint density at radius 2 is 1.60 bits per heavy atom. The number of hydrogen-bond acceptors (Lipinski definition) is 3. The molecule has 0 aliphatic rings. The van der Waals surface area contributed by atoms with Crippen molar-refractivity contribution in [1.29, 1.82) is 0 Å². The van der Waals surface area contributed by atoms with Crippen LogP contribution in [0.5, 0.6) is 0 Å². The fourth-order valence-electron chi connectivity index (χ4n) is 3.69. The van der Waals surface area contributed by atoms with Crippen LogP contribution >= 0.6 is 0 Å². The average molecular weight is 398 g/mol. The van der Waals surface area contributed by atoms with E-state index >= 15 is 0 Å². The number of nitrogens with one attached hydrogen (secondary N) is 1. The molecule has 4 aromatic rings. The summed E-state index contributed by atoms with van der Waals surface area (Å²) < 4.78 is 7.52. The van der Waals surface area contributed by atoms with Crippen LogP contribution in [0.15, 0.2) is 82.2 Å². The number of para-hydroxylation sites is 2. The van der Waals surface area contributed by atoms with E-state index in [2.05, 4.69) is 5.32 Å². The van der Waals surface area contributed by atoms with Gasteiger partial charge in [-0.25, -0.2) is 0 Å². The number of carbonyl (C=O) groups excluding carboxylic acids is 1. The lowest BCUT2D eigenvalue weighted by molar-refractivity contribution is 0.102. The molecule has 1 N–H and O–H groups in total. The first kappa shape index (κ1) is 19.5. The van der Waals surface area contributed by atoms with Gasteiger partial charge in [0.1, 0.15) is 11.3 Å². The zero-order chi connectivity index (χ0) is 21.3. The molecule has 5 heteroatoms. The molecule has 2 aromatic carbocycles. The molecule has 0 aliphatic carbocycles. The molecule has 0 radical (unpaired) electrons. The van der Waals surface area contributed by atoms with E-state index in [1.54, 1.807) is 12.1 Å². The van der Waals surface area contributed by atoms with Crippen molar-refractivity contribution in [3.63, 3.8) is 0 Å². The topological polar surface area (TPSA) is 64.2 Å². The highest BCUT2D eigenvalue weighted by Gasteiger charge is 2.24. The van der Waals surface area contributed by atoms with Gasteiger partial charge in [0.15, 0.2) is 11.2 Å². The lowest BCUT2D eigenvalue weighted by Gasteiger charge is -2.19. The molecule has 0 aliphatic heterocycles. The van der Waals surface area contributed by atoms with Crippen LogP contribution in [0, 0.1) is 20.8 Å². The minimum absolute atomic E-state index is 0.0436. The van der Waals surface area contributed by atoms with Crippen LogP contribution in [-0.4, -0.2) is 10.5 Å². The summed E-state index contributed by atoms with van der Waals surface area (Å²) in [6.45, 7) is 5.69. The zero-order valence-electron chi connectivity index (χ0n) is 17.1. The summed E-state index contributed by atoms with van der Waals surface area (Å²) in [7, 11) is 0. The van der Waals surface area contributed by atoms with Crippen LogP contribution in [0.3, 0.4) is 0 Å². The summed E-state index contributed by atoms with van der Waals surface area (Å²) in [5.41, 5.74) is 4.23. The number of amides is 1. The molecule has 0 fully saturated rings. The Labute approximate surface area is 174 Å². The van der Waals surface area contributed by atoms with E-state index in [0.717, 1.165) is 16.8 Å². The molecule has 4 rings (SSSR count). The highest BCUT2D eigenvalue weighted by Crippen LogP contribution is 2.29. The number of hydrogen-bond donors (Lipinski definition) is 1. The summed E-state index contributed by atoms with van der Waals surface area (Å²) in [6, 6.07) is 20.4. The van der Waals surface area contributed by atoms with Crippen molar-refractivity contribution in [2.24, 2.45) is 0 Å². The van der Waals surface area contributed by atoms with Crippen LogP contribution in [0.4, 0.5) is 5.69 Å². The molecule has 150 valence electrons. The Kier molecular flexibility index (Phi) is 5.11. The SMILES string of the molecule is Cc1cccc(C)c1NC(=O)c1c(-c2ccco2)n(-c2ccccc2)c(C)cc1=O. The number of nitrogens with zero attached hydrogens (tertiary/aromatic N) is 1. The second kappa shape index (κ2) is 7.87. The minimum atomic E-state index is -0.464. The van der Waals surface area contributed by atoms with E-state index in [1.165, 1.54) is 12.3 Å². The van der Waals surface area contributed by atoms with Gasteiger partial charge < -0.3 is 14.3 Å². The number of pyridine rings is 1. The van der Waals surface area contributed by atoms with Crippen LogP contribution < -0.4 is 10.7 Å². The maximum Gasteiger partial charge on any atom is 0.261 e. The van der Waals surface area contributed by atoms with Gasteiger partial charge in [-0.15, -0.1) is 0 Å². The predicted octanol–water partition coefficient (Wildman–Crippen LogP) is 5.28. The van der Waals surface area contributed by atoms with Gasteiger partial charge in [-0.2, -0.15) is 0 Å². The lowest BCUT2D eigenvalue weighted by atomic mass is 10.1. The van der Waals surface area contributed by atoms with Gasteiger partial charge in [-0.05, 0) is 56.2 Å². The van der Waals surface area contributed by atoms with Gasteiger partial charge in [0.25, 0.3) is 5.91 Å². The van der Waals surface area contributed by atoms with E-state index in [1.807, 2.05) is 73.9 Å². The summed E-state index contributed by atoms with van der Waals surface area (Å²) in [6.07, 6.45) is 1.53. The molecule has 0 unspecified atom stereocenters. The van der Waals surface area contributed by atoms with Crippen molar-refractivity contribution < 1.29 is 9.21 Å². The van der Waals surface area contributed by atoms with E-state index in [9.17, 15) is 9.59 Å². The first-order valence-electron chi connectivity index (χ1n) is 9.71. The Balaban J connectivity index is 1.96. The van der Waals surface area contributed by atoms with Crippen molar-refractivity contribution in [3.05, 3.63) is 106 Å². The number of carbonyl (C=O) groups is 1. The third-order valence-corrected chi connectivity index (χ3v) is 5.12. The summed E-state index contributed by atoms with van der Waals surface area (Å²) in [5, 5.41) is 2.94. The van der Waals surface area contributed by atoms with Crippen molar-refractivity contribution in [1.82, 2.24) is 4.57 Å². The molecule has 5 nitrogen and oxygen atoms in total. The molecular formula is C25H22N2O3. The van der Waals surface area contributed by atoms with E-state index in [0.29, 0.717) is 22.8 Å². The molecule has 0 atom stereocenters. The summed E-state index contributed by atoms with van der Waals surface area (Å²) >= 11 is 0. The second-order valence-corrected chi connectivity index (χ2v) is 7.24.